The van der Waals surface area contributed by atoms with Crippen molar-refractivity contribution in [3.63, 3.8) is 0 Å². The van der Waals surface area contributed by atoms with Crippen LogP contribution in [0.4, 0.5) is 0 Å². The largest absolute Gasteiger partial charge is 0.491 e. The Balaban J connectivity index is 1.87. The van der Waals surface area contributed by atoms with Gasteiger partial charge in [0, 0.05) is 6.04 Å². The molecule has 1 aromatic carbocycles. The first-order valence-corrected chi connectivity index (χ1v) is 6.69. The van der Waals surface area contributed by atoms with E-state index < -0.39 is 0 Å². The molecular formula is C15H23NO. The van der Waals surface area contributed by atoms with Crippen molar-refractivity contribution in [1.82, 2.24) is 5.32 Å². The van der Waals surface area contributed by atoms with Crippen LogP contribution >= 0.6 is 0 Å². The minimum absolute atomic E-state index is 0.252. The van der Waals surface area contributed by atoms with Crippen molar-refractivity contribution in [2.75, 3.05) is 6.54 Å². The van der Waals surface area contributed by atoms with E-state index in [1.807, 2.05) is 0 Å². The number of benzene rings is 1. The van der Waals surface area contributed by atoms with Crippen molar-refractivity contribution in [2.24, 2.45) is 0 Å². The van der Waals surface area contributed by atoms with Crippen molar-refractivity contribution in [1.29, 1.82) is 0 Å². The molecule has 1 saturated carbocycles. The SMILES string of the molecule is CCNC1CC(c2ccc(OC(C)C)cc2)C1. The predicted molar refractivity (Wildman–Crippen MR) is 71.6 cm³/mol. The summed E-state index contributed by atoms with van der Waals surface area (Å²) in [5.41, 5.74) is 1.45. The van der Waals surface area contributed by atoms with Crippen molar-refractivity contribution in [3.05, 3.63) is 29.8 Å². The second-order valence-electron chi connectivity index (χ2n) is 5.16. The first kappa shape index (κ1) is 12.4. The second kappa shape index (κ2) is 5.54. The van der Waals surface area contributed by atoms with Crippen LogP contribution in [0.25, 0.3) is 0 Å². The van der Waals surface area contributed by atoms with E-state index in [0.29, 0.717) is 0 Å². The molecule has 1 N–H and O–H groups in total. The molecular weight excluding hydrogens is 210 g/mol. The topological polar surface area (TPSA) is 21.3 Å². The summed E-state index contributed by atoms with van der Waals surface area (Å²) in [4.78, 5) is 0. The first-order valence-electron chi connectivity index (χ1n) is 6.69. The molecule has 0 spiro atoms. The zero-order chi connectivity index (χ0) is 12.3. The summed E-state index contributed by atoms with van der Waals surface area (Å²) in [5, 5.41) is 3.49. The summed E-state index contributed by atoms with van der Waals surface area (Å²) in [6, 6.07) is 9.34. The highest BCUT2D eigenvalue weighted by Crippen LogP contribution is 2.37. The number of rotatable bonds is 5. The average molecular weight is 233 g/mol. The van der Waals surface area contributed by atoms with Crippen LogP contribution in [0, 0.1) is 0 Å². The summed E-state index contributed by atoms with van der Waals surface area (Å²) in [6.07, 6.45) is 2.80. The molecule has 0 aliphatic heterocycles. The molecule has 1 aromatic rings. The van der Waals surface area contributed by atoms with Gasteiger partial charge in [-0.2, -0.15) is 0 Å². The molecule has 0 aromatic heterocycles. The molecule has 0 radical (unpaired) electrons. The second-order valence-corrected chi connectivity index (χ2v) is 5.16. The highest BCUT2D eigenvalue weighted by atomic mass is 16.5. The van der Waals surface area contributed by atoms with Gasteiger partial charge in [-0.3, -0.25) is 0 Å². The molecule has 94 valence electrons. The van der Waals surface area contributed by atoms with Gasteiger partial charge < -0.3 is 10.1 Å². The zero-order valence-corrected chi connectivity index (χ0v) is 11.1. The minimum atomic E-state index is 0.252. The van der Waals surface area contributed by atoms with Gasteiger partial charge in [0.25, 0.3) is 0 Å². The van der Waals surface area contributed by atoms with E-state index in [1.165, 1.54) is 18.4 Å². The molecule has 0 bridgehead atoms. The van der Waals surface area contributed by atoms with E-state index in [9.17, 15) is 0 Å². The summed E-state index contributed by atoms with van der Waals surface area (Å²) in [7, 11) is 0. The van der Waals surface area contributed by atoms with Crippen LogP contribution < -0.4 is 10.1 Å². The third-order valence-electron chi connectivity index (χ3n) is 3.35. The van der Waals surface area contributed by atoms with Crippen LogP contribution in [0.1, 0.15) is 45.1 Å². The van der Waals surface area contributed by atoms with Crippen molar-refractivity contribution >= 4 is 0 Å². The maximum absolute atomic E-state index is 5.65. The lowest BCUT2D eigenvalue weighted by Crippen LogP contribution is -2.39. The molecule has 1 aliphatic rings. The molecule has 1 aliphatic carbocycles. The molecule has 2 rings (SSSR count). The van der Waals surface area contributed by atoms with Crippen LogP contribution in [0.5, 0.6) is 5.75 Å². The van der Waals surface area contributed by atoms with Gasteiger partial charge in [0.05, 0.1) is 6.10 Å². The number of ether oxygens (including phenoxy) is 1. The third kappa shape index (κ3) is 3.22. The lowest BCUT2D eigenvalue weighted by molar-refractivity contribution is 0.242. The maximum Gasteiger partial charge on any atom is 0.119 e. The number of hydrogen-bond acceptors (Lipinski definition) is 2. The molecule has 1 fully saturated rings. The number of hydrogen-bond donors (Lipinski definition) is 1. The molecule has 2 heteroatoms. The highest BCUT2D eigenvalue weighted by Gasteiger charge is 2.29. The van der Waals surface area contributed by atoms with Gasteiger partial charge >= 0.3 is 0 Å². The van der Waals surface area contributed by atoms with Crippen molar-refractivity contribution in [3.8, 4) is 5.75 Å². The van der Waals surface area contributed by atoms with Gasteiger partial charge in [0.15, 0.2) is 0 Å². The summed E-state index contributed by atoms with van der Waals surface area (Å²) in [6.45, 7) is 7.37. The molecule has 17 heavy (non-hydrogen) atoms. The fourth-order valence-corrected chi connectivity index (χ4v) is 2.44. The van der Waals surface area contributed by atoms with E-state index in [0.717, 1.165) is 24.3 Å². The Morgan fingerprint density at radius 3 is 2.41 bits per heavy atom. The average Bonchev–Trinajstić information content (AvgIpc) is 2.24. The summed E-state index contributed by atoms with van der Waals surface area (Å²) in [5.74, 6) is 1.72. The van der Waals surface area contributed by atoms with Gasteiger partial charge in [-0.1, -0.05) is 19.1 Å². The van der Waals surface area contributed by atoms with Gasteiger partial charge in [-0.15, -0.1) is 0 Å². The predicted octanol–water partition coefficient (Wildman–Crippen LogP) is 3.33. The minimum Gasteiger partial charge on any atom is -0.491 e. The first-order chi connectivity index (χ1) is 8.19. The van der Waals surface area contributed by atoms with E-state index in [4.69, 9.17) is 4.74 Å². The Kier molecular flexibility index (Phi) is 4.06. The highest BCUT2D eigenvalue weighted by molar-refractivity contribution is 5.31. The van der Waals surface area contributed by atoms with E-state index in [2.05, 4.69) is 50.4 Å². The molecule has 2 nitrogen and oxygen atoms in total. The van der Waals surface area contributed by atoms with Crippen LogP contribution in [0.3, 0.4) is 0 Å². The molecule has 0 atom stereocenters. The smallest absolute Gasteiger partial charge is 0.119 e. The maximum atomic E-state index is 5.65. The lowest BCUT2D eigenvalue weighted by atomic mass is 9.76. The summed E-state index contributed by atoms with van der Waals surface area (Å²) < 4.78 is 5.65. The van der Waals surface area contributed by atoms with E-state index >= 15 is 0 Å². The Labute approximate surface area is 104 Å². The monoisotopic (exact) mass is 233 g/mol. The lowest BCUT2D eigenvalue weighted by Gasteiger charge is -2.36. The van der Waals surface area contributed by atoms with Crippen LogP contribution in [-0.4, -0.2) is 18.7 Å². The Bertz CT molecular complexity index is 338. The Morgan fingerprint density at radius 2 is 1.88 bits per heavy atom. The summed E-state index contributed by atoms with van der Waals surface area (Å²) >= 11 is 0. The van der Waals surface area contributed by atoms with Gasteiger partial charge in [-0.25, -0.2) is 0 Å². The van der Waals surface area contributed by atoms with Gasteiger partial charge in [-0.05, 0) is 56.8 Å². The molecule has 0 heterocycles. The van der Waals surface area contributed by atoms with Gasteiger partial charge in [0.1, 0.15) is 5.75 Å². The van der Waals surface area contributed by atoms with Crippen LogP contribution in [-0.2, 0) is 0 Å². The van der Waals surface area contributed by atoms with Crippen LogP contribution in [0.2, 0.25) is 0 Å². The van der Waals surface area contributed by atoms with E-state index in [-0.39, 0.29) is 6.10 Å². The van der Waals surface area contributed by atoms with Gasteiger partial charge in [0.2, 0.25) is 0 Å². The van der Waals surface area contributed by atoms with Crippen LogP contribution in [0.15, 0.2) is 24.3 Å². The fourth-order valence-electron chi connectivity index (χ4n) is 2.44. The molecule has 0 amide bonds. The number of nitrogens with one attached hydrogen (secondary N) is 1. The normalized spacial score (nSPS) is 23.5. The quantitative estimate of drug-likeness (QED) is 0.842. The van der Waals surface area contributed by atoms with E-state index in [1.54, 1.807) is 0 Å². The Morgan fingerprint density at radius 1 is 1.24 bits per heavy atom. The Hall–Kier alpha value is -1.02. The van der Waals surface area contributed by atoms with Crippen molar-refractivity contribution < 1.29 is 4.74 Å². The molecule has 0 saturated heterocycles. The van der Waals surface area contributed by atoms with Crippen molar-refractivity contribution in [2.45, 2.75) is 51.7 Å². The standard InChI is InChI=1S/C15H23NO/c1-4-16-14-9-13(10-14)12-5-7-15(8-6-12)17-11(2)3/h5-8,11,13-14,16H,4,9-10H2,1-3H3. The third-order valence-corrected chi connectivity index (χ3v) is 3.35. The fraction of sp³-hybridized carbons (Fsp3) is 0.600. The molecule has 0 unspecified atom stereocenters. The zero-order valence-electron chi connectivity index (χ0n) is 11.1.